The van der Waals surface area contributed by atoms with Crippen LogP contribution in [0.5, 0.6) is 0 Å². The van der Waals surface area contributed by atoms with Crippen molar-refractivity contribution in [1.82, 2.24) is 15.3 Å². The molecule has 0 saturated heterocycles. The fourth-order valence-corrected chi connectivity index (χ4v) is 1.21. The number of nitrogens with one attached hydrogen (secondary N) is 3. The Hall–Kier alpha value is -2.38. The lowest BCUT2D eigenvalue weighted by molar-refractivity contribution is 0.0691. The first-order valence-electron chi connectivity index (χ1n) is 4.78. The fourth-order valence-electron chi connectivity index (χ4n) is 1.21. The van der Waals surface area contributed by atoms with Crippen LogP contribution in [0.4, 0.5) is 11.6 Å². The Labute approximate surface area is 97.5 Å². The fraction of sp³-hybridized carbons (Fsp3) is 0.333. The van der Waals surface area contributed by atoms with Crippen LogP contribution < -0.4 is 16.0 Å². The number of aromatic carboxylic acids is 1. The van der Waals surface area contributed by atoms with E-state index >= 15 is 0 Å². The van der Waals surface area contributed by atoms with Crippen molar-refractivity contribution in [2.75, 3.05) is 31.8 Å². The largest absolute Gasteiger partial charge is 0.476 e. The molecule has 0 radical (unpaired) electrons. The maximum absolute atomic E-state index is 11.5. The smallest absolute Gasteiger partial charge is 0.358 e. The van der Waals surface area contributed by atoms with Crippen molar-refractivity contribution in [1.29, 1.82) is 0 Å². The molecule has 1 aromatic rings. The van der Waals surface area contributed by atoms with Crippen molar-refractivity contribution >= 4 is 23.5 Å². The Morgan fingerprint density at radius 2 is 1.53 bits per heavy atom. The Morgan fingerprint density at radius 1 is 1.00 bits per heavy atom. The lowest BCUT2D eigenvalue weighted by atomic mass is 10.3. The van der Waals surface area contributed by atoms with Crippen LogP contribution in [0, 0.1) is 0 Å². The number of rotatable bonds is 4. The van der Waals surface area contributed by atoms with E-state index in [1.54, 1.807) is 7.05 Å². The van der Waals surface area contributed by atoms with Gasteiger partial charge in [0.25, 0.3) is 5.91 Å². The summed E-state index contributed by atoms with van der Waals surface area (Å²) in [7, 11) is 4.52. The summed E-state index contributed by atoms with van der Waals surface area (Å²) in [6.07, 6.45) is 0. The topological polar surface area (TPSA) is 116 Å². The van der Waals surface area contributed by atoms with Crippen LogP contribution in [0.3, 0.4) is 0 Å². The molecule has 0 atom stereocenters. The van der Waals surface area contributed by atoms with Crippen molar-refractivity contribution in [3.8, 4) is 0 Å². The highest BCUT2D eigenvalue weighted by Crippen LogP contribution is 2.17. The number of amides is 1. The van der Waals surface area contributed by atoms with Crippen LogP contribution in [-0.4, -0.2) is 48.1 Å². The number of aromatic nitrogens is 2. The molecule has 0 aliphatic heterocycles. The summed E-state index contributed by atoms with van der Waals surface area (Å²) in [5, 5.41) is 16.6. The van der Waals surface area contributed by atoms with Crippen molar-refractivity contribution in [3.63, 3.8) is 0 Å². The van der Waals surface area contributed by atoms with Gasteiger partial charge in [0.15, 0.2) is 23.0 Å². The molecule has 0 unspecified atom stereocenters. The molecule has 1 rings (SSSR count). The van der Waals surface area contributed by atoms with Crippen LogP contribution in [0.2, 0.25) is 0 Å². The van der Waals surface area contributed by atoms with Crippen LogP contribution in [0.15, 0.2) is 0 Å². The third-order valence-electron chi connectivity index (χ3n) is 2.01. The number of nitrogens with zero attached hydrogens (tertiary/aromatic N) is 2. The first kappa shape index (κ1) is 12.7. The van der Waals surface area contributed by atoms with E-state index in [1.807, 2.05) is 0 Å². The molecule has 1 heterocycles. The zero-order valence-corrected chi connectivity index (χ0v) is 9.66. The minimum atomic E-state index is -1.25. The molecule has 8 heteroatoms. The van der Waals surface area contributed by atoms with Gasteiger partial charge < -0.3 is 21.1 Å². The predicted molar refractivity (Wildman–Crippen MR) is 61.5 cm³/mol. The molecule has 0 saturated carbocycles. The SMILES string of the molecule is CNC(=O)c1nc(C(=O)O)c(NC)nc1NC. The molecule has 0 spiro atoms. The molecule has 4 N–H and O–H groups in total. The minimum Gasteiger partial charge on any atom is -0.476 e. The molecule has 17 heavy (non-hydrogen) atoms. The highest BCUT2D eigenvalue weighted by molar-refractivity contribution is 5.99. The molecule has 0 bridgehead atoms. The minimum absolute atomic E-state index is 0.0635. The van der Waals surface area contributed by atoms with Gasteiger partial charge in [0, 0.05) is 21.1 Å². The number of anilines is 2. The van der Waals surface area contributed by atoms with Gasteiger partial charge in [-0.1, -0.05) is 0 Å². The van der Waals surface area contributed by atoms with Gasteiger partial charge >= 0.3 is 5.97 Å². The lowest BCUT2D eigenvalue weighted by Gasteiger charge is -2.10. The number of carboxylic acids is 1. The number of carboxylic acid groups (broad SMARTS) is 1. The van der Waals surface area contributed by atoms with Gasteiger partial charge in [-0.2, -0.15) is 0 Å². The van der Waals surface area contributed by atoms with E-state index in [1.165, 1.54) is 14.1 Å². The second-order valence-electron chi connectivity index (χ2n) is 3.00. The standard InChI is InChI=1S/C9H13N5O3/c1-10-6-4(8(15)12-3)13-5(9(16)17)7(11-2)14-6/h1-3H3,(H,12,15)(H,16,17)(H2,10,11,14). The molecule has 0 fully saturated rings. The molecular weight excluding hydrogens is 226 g/mol. The Kier molecular flexibility index (Phi) is 3.81. The van der Waals surface area contributed by atoms with Gasteiger partial charge in [-0.25, -0.2) is 14.8 Å². The maximum Gasteiger partial charge on any atom is 0.358 e. The highest BCUT2D eigenvalue weighted by atomic mass is 16.4. The number of carbonyl (C=O) groups is 2. The van der Waals surface area contributed by atoms with Gasteiger partial charge in [0.05, 0.1) is 0 Å². The summed E-state index contributed by atoms with van der Waals surface area (Å²) < 4.78 is 0. The first-order valence-corrected chi connectivity index (χ1v) is 4.78. The second kappa shape index (κ2) is 5.10. The average Bonchev–Trinajstić information content (AvgIpc) is 2.35. The van der Waals surface area contributed by atoms with Gasteiger partial charge in [-0.05, 0) is 0 Å². The van der Waals surface area contributed by atoms with Crippen LogP contribution in [0.25, 0.3) is 0 Å². The normalized spacial score (nSPS) is 9.59. The van der Waals surface area contributed by atoms with E-state index in [-0.39, 0.29) is 23.0 Å². The van der Waals surface area contributed by atoms with Crippen molar-refractivity contribution < 1.29 is 14.7 Å². The molecule has 0 aromatic carbocycles. The molecule has 0 aliphatic carbocycles. The second-order valence-corrected chi connectivity index (χ2v) is 3.00. The van der Waals surface area contributed by atoms with E-state index in [2.05, 4.69) is 25.9 Å². The Morgan fingerprint density at radius 3 is 1.94 bits per heavy atom. The molecule has 1 aromatic heterocycles. The zero-order chi connectivity index (χ0) is 13.0. The zero-order valence-electron chi connectivity index (χ0n) is 9.66. The molecule has 92 valence electrons. The van der Waals surface area contributed by atoms with Gasteiger partial charge in [-0.3, -0.25) is 4.79 Å². The number of hydrogen-bond acceptors (Lipinski definition) is 6. The molecule has 0 aliphatic rings. The highest BCUT2D eigenvalue weighted by Gasteiger charge is 2.20. The van der Waals surface area contributed by atoms with Crippen molar-refractivity contribution in [3.05, 3.63) is 11.4 Å². The number of carbonyl (C=O) groups excluding carboxylic acids is 1. The van der Waals surface area contributed by atoms with E-state index in [9.17, 15) is 9.59 Å². The molecule has 1 amide bonds. The van der Waals surface area contributed by atoms with E-state index in [4.69, 9.17) is 5.11 Å². The Balaban J connectivity index is 3.44. The summed E-state index contributed by atoms with van der Waals surface area (Å²) in [6, 6.07) is 0. The van der Waals surface area contributed by atoms with E-state index in [0.717, 1.165) is 0 Å². The van der Waals surface area contributed by atoms with Crippen LogP contribution >= 0.6 is 0 Å². The third kappa shape index (κ3) is 2.41. The summed E-state index contributed by atoms with van der Waals surface area (Å²) in [5.74, 6) is -1.46. The summed E-state index contributed by atoms with van der Waals surface area (Å²) in [6.45, 7) is 0. The molecule has 8 nitrogen and oxygen atoms in total. The molecular formula is C9H13N5O3. The summed E-state index contributed by atoms with van der Waals surface area (Å²) in [4.78, 5) is 30.2. The van der Waals surface area contributed by atoms with Crippen LogP contribution in [0.1, 0.15) is 21.0 Å². The monoisotopic (exact) mass is 239 g/mol. The first-order chi connectivity index (χ1) is 8.04. The Bertz CT molecular complexity index is 460. The number of hydrogen-bond donors (Lipinski definition) is 4. The maximum atomic E-state index is 11.5. The van der Waals surface area contributed by atoms with Crippen LogP contribution in [-0.2, 0) is 0 Å². The van der Waals surface area contributed by atoms with Gasteiger partial charge in [0.2, 0.25) is 0 Å². The average molecular weight is 239 g/mol. The van der Waals surface area contributed by atoms with Crippen molar-refractivity contribution in [2.45, 2.75) is 0 Å². The van der Waals surface area contributed by atoms with Crippen molar-refractivity contribution in [2.24, 2.45) is 0 Å². The quantitative estimate of drug-likeness (QED) is 0.565. The summed E-state index contributed by atoms with van der Waals surface area (Å²) in [5.41, 5.74) is -0.364. The third-order valence-corrected chi connectivity index (χ3v) is 2.01. The predicted octanol–water partition coefficient (Wildman–Crippen LogP) is -0.382. The van der Waals surface area contributed by atoms with Gasteiger partial charge in [-0.15, -0.1) is 0 Å². The van der Waals surface area contributed by atoms with E-state index < -0.39 is 11.9 Å². The van der Waals surface area contributed by atoms with E-state index in [0.29, 0.717) is 0 Å². The lowest BCUT2D eigenvalue weighted by Crippen LogP contribution is -2.23. The summed E-state index contributed by atoms with van der Waals surface area (Å²) >= 11 is 0. The van der Waals surface area contributed by atoms with Gasteiger partial charge in [0.1, 0.15) is 0 Å².